The summed E-state index contributed by atoms with van der Waals surface area (Å²) in [6, 6.07) is 7.76. The highest BCUT2D eigenvalue weighted by atomic mass is 79.9. The molecule has 1 N–H and O–H groups in total. The van der Waals surface area contributed by atoms with E-state index in [2.05, 4.69) is 36.7 Å². The van der Waals surface area contributed by atoms with Gasteiger partial charge in [-0.2, -0.15) is 0 Å². The Morgan fingerprint density at radius 1 is 0.980 bits per heavy atom. The number of hydrogen-bond donors (Lipinski definition) is 1. The third-order valence-electron chi connectivity index (χ3n) is 10.5. The molecule has 5 rings (SSSR count). The molecule has 11 heteroatoms. The van der Waals surface area contributed by atoms with Crippen molar-refractivity contribution < 1.29 is 33.8 Å². The minimum absolute atomic E-state index is 0.0419. The van der Waals surface area contributed by atoms with E-state index in [0.717, 1.165) is 5.56 Å². The van der Waals surface area contributed by atoms with E-state index < -0.39 is 53.2 Å². The summed E-state index contributed by atoms with van der Waals surface area (Å²) in [5.74, 6) is -3.31. The van der Waals surface area contributed by atoms with Crippen LogP contribution in [0.25, 0.3) is 0 Å². The van der Waals surface area contributed by atoms with Gasteiger partial charge in [0.15, 0.2) is 0 Å². The lowest BCUT2D eigenvalue weighted by Gasteiger charge is -2.45. The zero-order valence-electron chi connectivity index (χ0n) is 29.9. The molecule has 0 aromatic heterocycles. The van der Waals surface area contributed by atoms with Gasteiger partial charge in [0.2, 0.25) is 17.7 Å². The first kappa shape index (κ1) is 37.2. The van der Waals surface area contributed by atoms with Crippen LogP contribution in [0.1, 0.15) is 85.3 Å². The third kappa shape index (κ3) is 7.13. The van der Waals surface area contributed by atoms with Gasteiger partial charge >= 0.3 is 5.97 Å². The molecular formula is C38H52BrN3O7. The van der Waals surface area contributed by atoms with Gasteiger partial charge in [-0.05, 0) is 63.5 Å². The van der Waals surface area contributed by atoms with Crippen LogP contribution < -0.4 is 0 Å². The Morgan fingerprint density at radius 3 is 2.33 bits per heavy atom. The summed E-state index contributed by atoms with van der Waals surface area (Å²) in [5, 5.41) is 9.59. The Hall–Kier alpha value is -3.02. The number of nitrogens with zero attached hydrogens (tertiary/aromatic N) is 3. The Kier molecular flexibility index (Phi) is 10.9. The van der Waals surface area contributed by atoms with Gasteiger partial charge in [-0.3, -0.25) is 19.2 Å². The number of carbonyl (C=O) groups is 4. The van der Waals surface area contributed by atoms with Crippen molar-refractivity contribution in [2.45, 2.75) is 109 Å². The molecule has 0 unspecified atom stereocenters. The zero-order chi connectivity index (χ0) is 35.9. The second kappa shape index (κ2) is 14.3. The number of hydrogen-bond acceptors (Lipinski definition) is 7. The van der Waals surface area contributed by atoms with E-state index in [-0.39, 0.29) is 49.3 Å². The molecule has 268 valence electrons. The SMILES string of the molecule is C[C@H]1[C@H](c2ccccc2)OC(=O)[C@H]2[C@@H]3O[C@@]4(C=C3Br)[C@@H]2C(=O)N(CCCCO)[C@@H]4C(=O)N(C(C)(C)CC(C)(C)C)C/C=C\CCC(=O)N1C. The van der Waals surface area contributed by atoms with Crippen molar-refractivity contribution in [2.75, 3.05) is 26.7 Å². The number of cyclic esters (lactones) is 1. The molecular weight excluding hydrogens is 690 g/mol. The third-order valence-corrected chi connectivity index (χ3v) is 11.2. The Balaban J connectivity index is 1.65. The van der Waals surface area contributed by atoms with Gasteiger partial charge in [-0.15, -0.1) is 0 Å². The number of aliphatic hydroxyl groups excluding tert-OH is 1. The van der Waals surface area contributed by atoms with Crippen LogP contribution in [-0.4, -0.2) is 99.6 Å². The number of esters is 1. The number of rotatable bonds is 7. The molecule has 0 aliphatic carbocycles. The predicted octanol–water partition coefficient (Wildman–Crippen LogP) is 5.16. The number of benzene rings is 1. The summed E-state index contributed by atoms with van der Waals surface area (Å²) < 4.78 is 13.6. The highest BCUT2D eigenvalue weighted by Crippen LogP contribution is 2.59. The molecule has 4 aliphatic heterocycles. The van der Waals surface area contributed by atoms with E-state index in [0.29, 0.717) is 30.2 Å². The molecule has 2 fully saturated rings. The summed E-state index contributed by atoms with van der Waals surface area (Å²) >= 11 is 3.64. The molecule has 4 heterocycles. The normalized spacial score (nSPS) is 32.0. The number of halogens is 1. The molecule has 2 saturated heterocycles. The first-order valence-corrected chi connectivity index (χ1v) is 18.3. The maximum Gasteiger partial charge on any atom is 0.313 e. The van der Waals surface area contributed by atoms with Gasteiger partial charge < -0.3 is 29.3 Å². The second-order valence-electron chi connectivity index (χ2n) is 15.8. The van der Waals surface area contributed by atoms with Gasteiger partial charge in [-0.1, -0.05) is 79.2 Å². The van der Waals surface area contributed by atoms with Crippen LogP contribution in [0.3, 0.4) is 0 Å². The summed E-state index contributed by atoms with van der Waals surface area (Å²) in [6.45, 7) is 12.8. The number of ether oxygens (including phenoxy) is 2. The summed E-state index contributed by atoms with van der Waals surface area (Å²) in [6.07, 6.45) is 6.41. The standard InChI is InChI=1S/C38H52BrN3O7/c1-24-30(25-16-10-8-11-17-25)48-35(47)28-29-33(45)41(19-14-15-21-43)32(38(29)22-26(39)31(28)49-38)34(46)42(37(5,6)23-36(2,3)4)20-13-9-12-18-27(44)40(24)7/h8-11,13,16-17,22,24,28-32,43H,12,14-15,18-21,23H2,1-7H3/b13-9-/t24-,28+,29-,30+,31+,32+,38-/m0/s1. The van der Waals surface area contributed by atoms with Gasteiger partial charge in [0.25, 0.3) is 0 Å². The molecule has 10 nitrogen and oxygen atoms in total. The van der Waals surface area contributed by atoms with Crippen molar-refractivity contribution in [1.29, 1.82) is 0 Å². The smallest absolute Gasteiger partial charge is 0.313 e. The maximum atomic E-state index is 15.2. The highest BCUT2D eigenvalue weighted by molar-refractivity contribution is 9.11. The summed E-state index contributed by atoms with van der Waals surface area (Å²) in [5.41, 5.74) is -1.41. The number of likely N-dealkylation sites (tertiary alicyclic amines) is 1. The minimum atomic E-state index is -1.39. The van der Waals surface area contributed by atoms with Crippen LogP contribution in [0.5, 0.6) is 0 Å². The molecule has 3 amide bonds. The van der Waals surface area contributed by atoms with Crippen LogP contribution in [0.4, 0.5) is 0 Å². The van der Waals surface area contributed by atoms with Crippen LogP contribution in [0.2, 0.25) is 0 Å². The van der Waals surface area contributed by atoms with Gasteiger partial charge in [0, 0.05) is 43.2 Å². The molecule has 0 saturated carbocycles. The number of unbranched alkanes of at least 4 members (excludes halogenated alkanes) is 1. The zero-order valence-corrected chi connectivity index (χ0v) is 31.4. The monoisotopic (exact) mass is 741 g/mol. The Labute approximate surface area is 299 Å². The van der Waals surface area contributed by atoms with Crippen LogP contribution in [0.15, 0.2) is 53.0 Å². The first-order valence-electron chi connectivity index (χ1n) is 17.5. The van der Waals surface area contributed by atoms with Crippen LogP contribution in [0, 0.1) is 17.3 Å². The lowest BCUT2D eigenvalue weighted by atomic mass is 9.74. The average molecular weight is 743 g/mol. The molecule has 49 heavy (non-hydrogen) atoms. The highest BCUT2D eigenvalue weighted by Gasteiger charge is 2.75. The van der Waals surface area contributed by atoms with E-state index in [1.807, 2.05) is 74.2 Å². The largest absolute Gasteiger partial charge is 0.455 e. The summed E-state index contributed by atoms with van der Waals surface area (Å²) in [4.78, 5) is 62.7. The van der Waals surface area contributed by atoms with Crippen molar-refractivity contribution in [3.8, 4) is 0 Å². The van der Waals surface area contributed by atoms with E-state index in [1.54, 1.807) is 16.8 Å². The van der Waals surface area contributed by atoms with Gasteiger partial charge in [-0.25, -0.2) is 0 Å². The number of fused-ring (bicyclic) bond motifs is 2. The fourth-order valence-corrected chi connectivity index (χ4v) is 9.21. The predicted molar refractivity (Wildman–Crippen MR) is 189 cm³/mol. The number of amides is 3. The van der Waals surface area contributed by atoms with E-state index in [9.17, 15) is 19.5 Å². The fourth-order valence-electron chi connectivity index (χ4n) is 8.48. The fraction of sp³-hybridized carbons (Fsp3) is 0.632. The molecule has 7 atom stereocenters. The molecule has 1 aromatic rings. The van der Waals surface area contributed by atoms with Crippen LogP contribution in [-0.2, 0) is 28.7 Å². The quantitative estimate of drug-likeness (QED) is 0.233. The number of carbonyl (C=O) groups excluding carboxylic acids is 4. The van der Waals surface area contributed by atoms with E-state index in [1.165, 1.54) is 0 Å². The van der Waals surface area contributed by atoms with Gasteiger partial charge in [0.05, 0.1) is 12.0 Å². The van der Waals surface area contributed by atoms with Crippen molar-refractivity contribution in [3.05, 3.63) is 58.6 Å². The summed E-state index contributed by atoms with van der Waals surface area (Å²) in [7, 11) is 1.72. The average Bonchev–Trinajstić information content (AvgIpc) is 3.62. The van der Waals surface area contributed by atoms with Crippen molar-refractivity contribution in [2.24, 2.45) is 17.3 Å². The minimum Gasteiger partial charge on any atom is -0.455 e. The van der Waals surface area contributed by atoms with Crippen molar-refractivity contribution in [3.63, 3.8) is 0 Å². The van der Waals surface area contributed by atoms with E-state index >= 15 is 4.79 Å². The van der Waals surface area contributed by atoms with Gasteiger partial charge in [0.1, 0.15) is 29.8 Å². The van der Waals surface area contributed by atoms with Crippen LogP contribution >= 0.6 is 15.9 Å². The lowest BCUT2D eigenvalue weighted by Crippen LogP contribution is -2.60. The van der Waals surface area contributed by atoms with Crippen molar-refractivity contribution in [1.82, 2.24) is 14.7 Å². The lowest BCUT2D eigenvalue weighted by molar-refractivity contribution is -0.164. The Bertz CT molecular complexity index is 1490. The molecule has 5 bridgehead atoms. The number of allylic oxidation sites excluding steroid dienone is 1. The number of aliphatic hydroxyl groups is 1. The molecule has 1 spiro atoms. The second-order valence-corrected chi connectivity index (χ2v) is 16.7. The Morgan fingerprint density at radius 2 is 1.67 bits per heavy atom. The molecule has 4 aliphatic rings. The van der Waals surface area contributed by atoms with E-state index in [4.69, 9.17) is 9.47 Å². The van der Waals surface area contributed by atoms with Crippen molar-refractivity contribution >= 4 is 39.6 Å². The first-order chi connectivity index (χ1) is 23.0. The maximum absolute atomic E-state index is 15.2. The molecule has 1 aromatic carbocycles. The topological polar surface area (TPSA) is 117 Å². The number of likely N-dealkylation sites (N-methyl/N-ethyl adjacent to an activating group) is 1. The molecule has 0 radical (unpaired) electrons.